The van der Waals surface area contributed by atoms with Crippen molar-refractivity contribution in [2.75, 3.05) is 0 Å². The first-order valence-electron chi connectivity index (χ1n) is 16.1. The van der Waals surface area contributed by atoms with Crippen molar-refractivity contribution in [3.8, 4) is 0 Å². The summed E-state index contributed by atoms with van der Waals surface area (Å²) in [6, 6.07) is -0.533. The molecular weight excluding hydrogens is 582 g/mol. The third-order valence-electron chi connectivity index (χ3n) is 9.14. The molecule has 4 aliphatic rings. The van der Waals surface area contributed by atoms with Crippen molar-refractivity contribution in [1.82, 2.24) is 0 Å². The van der Waals surface area contributed by atoms with Crippen molar-refractivity contribution in [3.63, 3.8) is 0 Å². The minimum atomic E-state index is -1.79. The predicted molar refractivity (Wildman–Crippen MR) is 166 cm³/mol. The number of carbonyl (C=O) groups excluding carboxylic acids is 1. The van der Waals surface area contributed by atoms with Crippen LogP contribution in [0.5, 0.6) is 0 Å². The maximum Gasteiger partial charge on any atom is 0.330 e. The largest absolute Gasteiger partial charge is 0.459 e. The number of rotatable bonds is 2. The Kier molecular flexibility index (Phi) is 12.7. The molecule has 0 aromatic rings. The molecule has 0 radical (unpaired) electrons. The van der Waals surface area contributed by atoms with E-state index in [0.717, 1.165) is 0 Å². The lowest BCUT2D eigenvalue weighted by atomic mass is 9.84. The average Bonchev–Trinajstić information content (AvgIpc) is 3.71. The molecule has 11 nitrogen and oxygen atoms in total. The minimum absolute atomic E-state index is 0.0655. The van der Waals surface area contributed by atoms with E-state index in [2.05, 4.69) is 0 Å². The van der Waals surface area contributed by atoms with Crippen molar-refractivity contribution in [2.24, 2.45) is 17.6 Å². The first-order chi connectivity index (χ1) is 21.3. The average molecular weight is 634 g/mol. The number of allylic oxidation sites excluding steroid dienone is 6. The Morgan fingerprint density at radius 2 is 1.60 bits per heavy atom. The second kappa shape index (κ2) is 16.1. The van der Waals surface area contributed by atoms with Gasteiger partial charge in [-0.3, -0.25) is 0 Å². The lowest BCUT2D eigenvalue weighted by Crippen LogP contribution is -2.58. The summed E-state index contributed by atoms with van der Waals surface area (Å²) in [5, 5.41) is 44.0. The van der Waals surface area contributed by atoms with Crippen LogP contribution in [-0.2, 0) is 28.5 Å². The molecule has 252 valence electrons. The van der Waals surface area contributed by atoms with E-state index < -0.39 is 54.6 Å². The molecule has 3 fully saturated rings. The second-order valence-electron chi connectivity index (χ2n) is 12.9. The fraction of sp³-hybridized carbons (Fsp3) is 0.676. The summed E-state index contributed by atoms with van der Waals surface area (Å²) >= 11 is 0. The van der Waals surface area contributed by atoms with Crippen LogP contribution in [0.4, 0.5) is 0 Å². The number of ether oxygens (including phenoxy) is 5. The van der Waals surface area contributed by atoms with Crippen molar-refractivity contribution in [3.05, 3.63) is 60.8 Å². The fourth-order valence-electron chi connectivity index (χ4n) is 5.99. The van der Waals surface area contributed by atoms with Gasteiger partial charge in [0.1, 0.15) is 18.3 Å². The van der Waals surface area contributed by atoms with Gasteiger partial charge in [-0.05, 0) is 25.8 Å². The first-order valence-corrected chi connectivity index (χ1v) is 16.1. The van der Waals surface area contributed by atoms with Gasteiger partial charge in [0, 0.05) is 50.1 Å². The molecule has 14 atom stereocenters. The van der Waals surface area contributed by atoms with Crippen molar-refractivity contribution >= 4 is 5.97 Å². The Bertz CT molecular complexity index is 1120. The number of nitrogens with two attached hydrogens (primary N) is 1. The Labute approximate surface area is 266 Å². The molecule has 4 heterocycles. The number of hydrogen-bond donors (Lipinski definition) is 5. The molecule has 14 unspecified atom stereocenters. The molecule has 45 heavy (non-hydrogen) atoms. The van der Waals surface area contributed by atoms with Gasteiger partial charge in [-0.15, -0.1) is 0 Å². The third kappa shape index (κ3) is 10.4. The number of epoxide rings is 1. The summed E-state index contributed by atoms with van der Waals surface area (Å²) in [7, 11) is 0. The summed E-state index contributed by atoms with van der Waals surface area (Å²) < 4.78 is 29.4. The van der Waals surface area contributed by atoms with Gasteiger partial charge in [-0.2, -0.15) is 0 Å². The smallest absolute Gasteiger partial charge is 0.330 e. The van der Waals surface area contributed by atoms with Gasteiger partial charge in [0.2, 0.25) is 0 Å². The highest BCUT2D eigenvalue weighted by molar-refractivity contribution is 5.82. The maximum atomic E-state index is 12.2. The van der Waals surface area contributed by atoms with Crippen LogP contribution in [0.3, 0.4) is 0 Å². The van der Waals surface area contributed by atoms with E-state index in [-0.39, 0.29) is 61.9 Å². The lowest BCUT2D eigenvalue weighted by Gasteiger charge is -2.45. The summed E-state index contributed by atoms with van der Waals surface area (Å²) in [5.74, 6) is -2.68. The highest BCUT2D eigenvalue weighted by atomic mass is 16.7. The summed E-state index contributed by atoms with van der Waals surface area (Å²) in [4.78, 5) is 12.2. The van der Waals surface area contributed by atoms with E-state index >= 15 is 0 Å². The molecule has 4 aliphatic heterocycles. The van der Waals surface area contributed by atoms with Crippen LogP contribution >= 0.6 is 0 Å². The third-order valence-corrected chi connectivity index (χ3v) is 9.14. The van der Waals surface area contributed by atoms with Crippen LogP contribution < -0.4 is 5.73 Å². The van der Waals surface area contributed by atoms with Crippen LogP contribution in [0, 0.1) is 11.8 Å². The fourth-order valence-corrected chi connectivity index (χ4v) is 5.99. The molecule has 0 amide bonds. The Morgan fingerprint density at radius 1 is 0.889 bits per heavy atom. The van der Waals surface area contributed by atoms with Gasteiger partial charge in [-0.25, -0.2) is 4.79 Å². The molecule has 3 saturated heterocycles. The summed E-state index contributed by atoms with van der Waals surface area (Å²) in [6.45, 7) is 7.46. The monoisotopic (exact) mass is 633 g/mol. The lowest BCUT2D eigenvalue weighted by molar-refractivity contribution is -0.307. The zero-order valence-electron chi connectivity index (χ0n) is 26.6. The second-order valence-corrected chi connectivity index (χ2v) is 12.9. The Balaban J connectivity index is 1.53. The van der Waals surface area contributed by atoms with Gasteiger partial charge >= 0.3 is 5.97 Å². The van der Waals surface area contributed by atoms with Crippen LogP contribution in [0.2, 0.25) is 0 Å². The highest BCUT2D eigenvalue weighted by Crippen LogP contribution is 2.38. The van der Waals surface area contributed by atoms with Crippen LogP contribution in [0.15, 0.2) is 60.8 Å². The number of cyclic esters (lactones) is 1. The standard InChI is InChI=1S/C34H51NO10/c1-20-12-10-8-6-5-7-9-11-13-25(43-33-32(39)31(35)21(2)23(4)42-33)17-28-22(3)26(37)19-34(40,45-28)18-24(36)16-29-27(44-29)14-15-30(38)41-20/h5-11,13-15,20-29,31-33,36-37,39-40H,12,16-19,35H2,1-4H3/b6-5+,9-7+,10-8+,13-11+,15-14+. The topological polar surface area (TPSA) is 173 Å². The molecule has 0 saturated carbocycles. The van der Waals surface area contributed by atoms with Crippen molar-refractivity contribution < 1.29 is 48.9 Å². The quantitative estimate of drug-likeness (QED) is 0.223. The normalized spacial score (nSPS) is 48.9. The molecule has 0 aromatic heterocycles. The first kappa shape index (κ1) is 35.7. The number of fused-ring (bicyclic) bond motifs is 3. The molecule has 0 aromatic carbocycles. The van der Waals surface area contributed by atoms with E-state index in [1.807, 2.05) is 70.2 Å². The van der Waals surface area contributed by atoms with Gasteiger partial charge in [0.25, 0.3) is 0 Å². The van der Waals surface area contributed by atoms with Gasteiger partial charge in [0.15, 0.2) is 12.1 Å². The number of hydrogen-bond acceptors (Lipinski definition) is 11. The van der Waals surface area contributed by atoms with Gasteiger partial charge in [0.05, 0.1) is 36.6 Å². The summed E-state index contributed by atoms with van der Waals surface area (Å²) in [6.07, 6.45) is 12.1. The molecule has 0 spiro atoms. The molecule has 2 bridgehead atoms. The van der Waals surface area contributed by atoms with E-state index in [1.54, 1.807) is 12.2 Å². The minimum Gasteiger partial charge on any atom is -0.459 e. The molecule has 4 rings (SSSR count). The Hall–Kier alpha value is -2.19. The number of aliphatic hydroxyl groups is 4. The van der Waals surface area contributed by atoms with Crippen LogP contribution in [-0.4, -0.2) is 99.5 Å². The summed E-state index contributed by atoms with van der Waals surface area (Å²) in [5.41, 5.74) is 6.26. The van der Waals surface area contributed by atoms with E-state index in [9.17, 15) is 25.2 Å². The maximum absolute atomic E-state index is 12.2. The van der Waals surface area contributed by atoms with E-state index in [4.69, 9.17) is 29.4 Å². The van der Waals surface area contributed by atoms with Gasteiger partial charge < -0.3 is 49.8 Å². The zero-order valence-corrected chi connectivity index (χ0v) is 26.6. The zero-order chi connectivity index (χ0) is 32.7. The van der Waals surface area contributed by atoms with E-state index in [1.165, 1.54) is 6.08 Å². The van der Waals surface area contributed by atoms with E-state index in [0.29, 0.717) is 6.42 Å². The van der Waals surface area contributed by atoms with Crippen LogP contribution in [0.1, 0.15) is 59.8 Å². The molecular formula is C34H51NO10. The molecule has 0 aliphatic carbocycles. The Morgan fingerprint density at radius 3 is 2.36 bits per heavy atom. The van der Waals surface area contributed by atoms with Gasteiger partial charge in [-0.1, -0.05) is 62.5 Å². The number of aliphatic hydroxyl groups excluding tert-OH is 3. The SMILES string of the molecule is CC1C/C=C/C=C/C=C/C=C/C(OC2OC(C)C(C)C(N)C2O)CC2OC(O)(CC(O)CC3OC3/C=C/C(=O)O1)CC(O)C2C. The molecule has 6 N–H and O–H groups in total. The van der Waals surface area contributed by atoms with Crippen LogP contribution in [0.25, 0.3) is 0 Å². The predicted octanol–water partition coefficient (Wildman–Crippen LogP) is 2.33. The van der Waals surface area contributed by atoms with Crippen molar-refractivity contribution in [1.29, 1.82) is 0 Å². The highest BCUT2D eigenvalue weighted by Gasteiger charge is 2.48. The number of carbonyl (C=O) groups is 1. The van der Waals surface area contributed by atoms with Crippen molar-refractivity contribution in [2.45, 2.75) is 133 Å². The number of esters is 1. The molecule has 11 heteroatoms.